The number of hydrogen-bond acceptors (Lipinski definition) is 3. The third-order valence-electron chi connectivity index (χ3n) is 4.90. The summed E-state index contributed by atoms with van der Waals surface area (Å²) in [6.07, 6.45) is 2.97. The lowest BCUT2D eigenvalue weighted by atomic mass is 10.0. The number of likely N-dealkylation sites (tertiary alicyclic amines) is 1. The first-order valence-electron chi connectivity index (χ1n) is 8.59. The van der Waals surface area contributed by atoms with E-state index in [0.717, 1.165) is 49.5 Å². The van der Waals surface area contributed by atoms with Crippen LogP contribution in [0.4, 0.5) is 0 Å². The van der Waals surface area contributed by atoms with Crippen LogP contribution in [-0.2, 0) is 16.1 Å². The van der Waals surface area contributed by atoms with E-state index in [-0.39, 0.29) is 23.9 Å². The molecule has 2 fully saturated rings. The summed E-state index contributed by atoms with van der Waals surface area (Å²) in [5.41, 5.74) is 2.35. The molecule has 0 aliphatic carbocycles. The highest BCUT2D eigenvalue weighted by Gasteiger charge is 2.29. The van der Waals surface area contributed by atoms with Crippen LogP contribution in [0, 0.1) is 6.92 Å². The average Bonchev–Trinajstić information content (AvgIpc) is 2.98. The van der Waals surface area contributed by atoms with E-state index in [2.05, 4.69) is 28.5 Å². The minimum absolute atomic E-state index is 0.0244. The topological polar surface area (TPSA) is 61.4 Å². The summed E-state index contributed by atoms with van der Waals surface area (Å²) in [7, 11) is 0. The highest BCUT2D eigenvalue weighted by molar-refractivity contribution is 6.31. The van der Waals surface area contributed by atoms with E-state index in [1.165, 1.54) is 5.56 Å². The van der Waals surface area contributed by atoms with Crippen LogP contribution in [0.5, 0.6) is 0 Å². The minimum Gasteiger partial charge on any atom is -0.350 e. The summed E-state index contributed by atoms with van der Waals surface area (Å²) >= 11 is 6.31. The lowest BCUT2D eigenvalue weighted by Gasteiger charge is -2.24. The van der Waals surface area contributed by atoms with Gasteiger partial charge in [-0.2, -0.15) is 0 Å². The third-order valence-corrected chi connectivity index (χ3v) is 5.26. The molecule has 2 aliphatic heterocycles. The molecule has 1 aromatic rings. The average molecular weight is 350 g/mol. The molecule has 5 nitrogen and oxygen atoms in total. The zero-order valence-corrected chi connectivity index (χ0v) is 14.7. The summed E-state index contributed by atoms with van der Waals surface area (Å²) in [5.74, 6) is -0.0764. The van der Waals surface area contributed by atoms with Crippen molar-refractivity contribution in [2.45, 2.75) is 51.2 Å². The van der Waals surface area contributed by atoms with Gasteiger partial charge in [0.2, 0.25) is 11.8 Å². The Labute approximate surface area is 147 Å². The van der Waals surface area contributed by atoms with Crippen molar-refractivity contribution in [3.05, 3.63) is 34.3 Å². The van der Waals surface area contributed by atoms with Crippen LogP contribution < -0.4 is 10.6 Å². The van der Waals surface area contributed by atoms with Gasteiger partial charge in [0.15, 0.2) is 0 Å². The molecule has 0 unspecified atom stereocenters. The number of piperidine rings is 1. The second-order valence-corrected chi connectivity index (χ2v) is 7.18. The number of amides is 2. The third kappa shape index (κ3) is 4.08. The van der Waals surface area contributed by atoms with Gasteiger partial charge in [0, 0.05) is 37.1 Å². The van der Waals surface area contributed by atoms with Gasteiger partial charge in [-0.15, -0.1) is 0 Å². The van der Waals surface area contributed by atoms with Gasteiger partial charge in [0.1, 0.15) is 6.04 Å². The first-order chi connectivity index (χ1) is 11.5. The molecule has 0 bridgehead atoms. The maximum atomic E-state index is 12.3. The monoisotopic (exact) mass is 349 g/mol. The molecule has 1 aromatic carbocycles. The largest absolute Gasteiger partial charge is 0.350 e. The Kier molecular flexibility index (Phi) is 5.41. The molecule has 130 valence electrons. The van der Waals surface area contributed by atoms with E-state index in [1.807, 2.05) is 12.1 Å². The SMILES string of the molecule is Cc1cccc(Cl)c1CN1CC[C@H](NC(=O)[C@H]2CCCC(=O)N2)C1. The van der Waals surface area contributed by atoms with E-state index in [9.17, 15) is 9.59 Å². The highest BCUT2D eigenvalue weighted by atomic mass is 35.5. The van der Waals surface area contributed by atoms with E-state index in [0.29, 0.717) is 6.42 Å². The Morgan fingerprint density at radius 1 is 1.42 bits per heavy atom. The number of nitrogens with one attached hydrogen (secondary N) is 2. The van der Waals surface area contributed by atoms with Gasteiger partial charge in [-0.3, -0.25) is 14.5 Å². The van der Waals surface area contributed by atoms with Gasteiger partial charge in [0.25, 0.3) is 0 Å². The zero-order chi connectivity index (χ0) is 17.1. The Bertz CT molecular complexity index is 614. The molecule has 0 aromatic heterocycles. The van der Waals surface area contributed by atoms with Crippen LogP contribution >= 0.6 is 11.6 Å². The second kappa shape index (κ2) is 7.53. The van der Waals surface area contributed by atoms with Crippen molar-refractivity contribution in [2.75, 3.05) is 13.1 Å². The molecule has 2 heterocycles. The van der Waals surface area contributed by atoms with Crippen molar-refractivity contribution in [2.24, 2.45) is 0 Å². The van der Waals surface area contributed by atoms with Crippen molar-refractivity contribution in [1.82, 2.24) is 15.5 Å². The number of nitrogens with zero attached hydrogens (tertiary/aromatic N) is 1. The molecule has 2 aliphatic rings. The van der Waals surface area contributed by atoms with E-state index >= 15 is 0 Å². The number of benzene rings is 1. The molecule has 0 spiro atoms. The number of carbonyl (C=O) groups excluding carboxylic acids is 2. The van der Waals surface area contributed by atoms with Crippen molar-refractivity contribution < 1.29 is 9.59 Å². The fraction of sp³-hybridized carbons (Fsp3) is 0.556. The fourth-order valence-corrected chi connectivity index (χ4v) is 3.77. The molecule has 24 heavy (non-hydrogen) atoms. The van der Waals surface area contributed by atoms with Crippen LogP contribution in [-0.4, -0.2) is 41.9 Å². The van der Waals surface area contributed by atoms with Gasteiger partial charge in [-0.05, 0) is 43.4 Å². The molecule has 2 atom stereocenters. The molecule has 2 amide bonds. The van der Waals surface area contributed by atoms with Crippen LogP contribution in [0.1, 0.15) is 36.8 Å². The number of hydrogen-bond donors (Lipinski definition) is 2. The van der Waals surface area contributed by atoms with E-state index in [1.54, 1.807) is 0 Å². The Morgan fingerprint density at radius 3 is 3.00 bits per heavy atom. The van der Waals surface area contributed by atoms with Crippen molar-refractivity contribution in [1.29, 1.82) is 0 Å². The molecule has 2 N–H and O–H groups in total. The summed E-state index contributed by atoms with van der Waals surface area (Å²) in [4.78, 5) is 26.0. The van der Waals surface area contributed by atoms with Gasteiger partial charge in [-0.1, -0.05) is 23.7 Å². The van der Waals surface area contributed by atoms with Crippen molar-refractivity contribution in [3.8, 4) is 0 Å². The molecular formula is C18H24ClN3O2. The summed E-state index contributed by atoms with van der Waals surface area (Å²) in [6.45, 7) is 4.63. The lowest BCUT2D eigenvalue weighted by molar-refractivity contribution is -0.131. The predicted molar refractivity (Wildman–Crippen MR) is 93.8 cm³/mol. The van der Waals surface area contributed by atoms with Crippen LogP contribution in [0.25, 0.3) is 0 Å². The Morgan fingerprint density at radius 2 is 2.25 bits per heavy atom. The van der Waals surface area contributed by atoms with Crippen LogP contribution in [0.3, 0.4) is 0 Å². The predicted octanol–water partition coefficient (Wildman–Crippen LogP) is 2.01. The van der Waals surface area contributed by atoms with E-state index < -0.39 is 0 Å². The molecule has 0 radical (unpaired) electrons. The summed E-state index contributed by atoms with van der Waals surface area (Å²) in [6, 6.07) is 5.73. The summed E-state index contributed by atoms with van der Waals surface area (Å²) < 4.78 is 0. The molecular weight excluding hydrogens is 326 g/mol. The Balaban J connectivity index is 1.52. The van der Waals surface area contributed by atoms with Crippen LogP contribution in [0.2, 0.25) is 5.02 Å². The molecule has 6 heteroatoms. The normalized spacial score (nSPS) is 24.7. The summed E-state index contributed by atoms with van der Waals surface area (Å²) in [5, 5.41) is 6.66. The maximum Gasteiger partial charge on any atom is 0.242 e. The highest BCUT2D eigenvalue weighted by Crippen LogP contribution is 2.23. The second-order valence-electron chi connectivity index (χ2n) is 6.78. The first kappa shape index (κ1) is 17.2. The quantitative estimate of drug-likeness (QED) is 0.874. The zero-order valence-electron chi connectivity index (χ0n) is 14.0. The smallest absolute Gasteiger partial charge is 0.242 e. The number of aryl methyl sites for hydroxylation is 1. The minimum atomic E-state index is -0.369. The molecule has 2 saturated heterocycles. The van der Waals surface area contributed by atoms with Crippen molar-refractivity contribution in [3.63, 3.8) is 0 Å². The van der Waals surface area contributed by atoms with E-state index in [4.69, 9.17) is 11.6 Å². The van der Waals surface area contributed by atoms with Gasteiger partial charge < -0.3 is 10.6 Å². The van der Waals surface area contributed by atoms with Crippen molar-refractivity contribution >= 4 is 23.4 Å². The molecule has 0 saturated carbocycles. The van der Waals surface area contributed by atoms with Crippen LogP contribution in [0.15, 0.2) is 18.2 Å². The lowest BCUT2D eigenvalue weighted by Crippen LogP contribution is -2.51. The Hall–Kier alpha value is -1.59. The number of rotatable bonds is 4. The number of carbonyl (C=O) groups is 2. The fourth-order valence-electron chi connectivity index (χ4n) is 3.49. The number of halogens is 1. The van der Waals surface area contributed by atoms with Gasteiger partial charge in [-0.25, -0.2) is 0 Å². The van der Waals surface area contributed by atoms with Gasteiger partial charge >= 0.3 is 0 Å². The van der Waals surface area contributed by atoms with Gasteiger partial charge in [0.05, 0.1) is 0 Å². The maximum absolute atomic E-state index is 12.3. The molecule has 3 rings (SSSR count). The standard InChI is InChI=1S/C18H24ClN3O2/c1-12-4-2-5-15(19)14(12)11-22-9-8-13(10-22)20-18(24)16-6-3-7-17(23)21-16/h2,4-5,13,16H,3,6-11H2,1H3,(H,20,24)(H,21,23)/t13-,16+/m0/s1. The first-order valence-corrected chi connectivity index (χ1v) is 8.97.